The van der Waals surface area contributed by atoms with Gasteiger partial charge >= 0.3 is 0 Å². The van der Waals surface area contributed by atoms with Gasteiger partial charge in [0.15, 0.2) is 0 Å². The van der Waals surface area contributed by atoms with Crippen LogP contribution >= 0.6 is 0 Å². The Hall–Kier alpha value is -1.11. The van der Waals surface area contributed by atoms with Crippen LogP contribution in [0.4, 0.5) is 0 Å². The van der Waals surface area contributed by atoms with Crippen LogP contribution < -0.4 is 0 Å². The molecule has 1 saturated carbocycles. The predicted octanol–water partition coefficient (Wildman–Crippen LogP) is 4.36. The summed E-state index contributed by atoms with van der Waals surface area (Å²) in [5, 5.41) is 0. The zero-order chi connectivity index (χ0) is 12.1. The number of allylic oxidation sites excluding steroid dienone is 6. The van der Waals surface area contributed by atoms with Gasteiger partial charge in [-0.25, -0.2) is 0 Å². The highest BCUT2D eigenvalue weighted by Gasteiger charge is 2.21. The Morgan fingerprint density at radius 1 is 1.18 bits per heavy atom. The van der Waals surface area contributed by atoms with Gasteiger partial charge in [0, 0.05) is 12.3 Å². The average molecular weight is 230 g/mol. The molecule has 0 aromatic carbocycles. The first-order valence-electron chi connectivity index (χ1n) is 6.82. The van der Waals surface area contributed by atoms with E-state index >= 15 is 0 Å². The van der Waals surface area contributed by atoms with Gasteiger partial charge in [0.2, 0.25) is 0 Å². The minimum atomic E-state index is 0.343. The zero-order valence-electron chi connectivity index (χ0n) is 10.7. The maximum atomic E-state index is 12.2. The molecular formula is C16H22O. The Balaban J connectivity index is 1.90. The number of hydrogen-bond donors (Lipinski definition) is 0. The first kappa shape index (κ1) is 12.3. The monoisotopic (exact) mass is 230 g/mol. The summed E-state index contributed by atoms with van der Waals surface area (Å²) in [4.78, 5) is 12.2. The lowest BCUT2D eigenvalue weighted by atomic mass is 9.84. The molecule has 1 heteroatoms. The molecule has 0 heterocycles. The first-order chi connectivity index (χ1) is 8.25. The molecule has 2 aliphatic carbocycles. The van der Waals surface area contributed by atoms with Gasteiger partial charge in [-0.2, -0.15) is 0 Å². The molecule has 1 fully saturated rings. The highest BCUT2D eigenvalue weighted by Crippen LogP contribution is 2.27. The van der Waals surface area contributed by atoms with Crippen LogP contribution in [-0.4, -0.2) is 5.78 Å². The van der Waals surface area contributed by atoms with Crippen molar-refractivity contribution in [1.82, 2.24) is 0 Å². The fraction of sp³-hybridized carbons (Fsp3) is 0.562. The molecule has 2 aliphatic rings. The van der Waals surface area contributed by atoms with Crippen LogP contribution in [0.3, 0.4) is 0 Å². The number of rotatable bonds is 3. The van der Waals surface area contributed by atoms with E-state index in [1.807, 2.05) is 0 Å². The minimum absolute atomic E-state index is 0.343. The van der Waals surface area contributed by atoms with Crippen molar-refractivity contribution >= 4 is 5.78 Å². The second-order valence-electron chi connectivity index (χ2n) is 5.27. The smallest absolute Gasteiger partial charge is 0.140 e. The van der Waals surface area contributed by atoms with Crippen LogP contribution in [0.1, 0.15) is 51.9 Å². The molecule has 17 heavy (non-hydrogen) atoms. The van der Waals surface area contributed by atoms with Crippen LogP contribution in [-0.2, 0) is 4.79 Å². The molecule has 0 saturated heterocycles. The molecule has 0 aromatic rings. The predicted molar refractivity (Wildman–Crippen MR) is 71.8 cm³/mol. The number of carbonyl (C=O) groups excluding carboxylic acids is 1. The van der Waals surface area contributed by atoms with E-state index in [0.717, 1.165) is 19.3 Å². The summed E-state index contributed by atoms with van der Waals surface area (Å²) in [6, 6.07) is 0. The molecule has 0 aliphatic heterocycles. The molecule has 2 rings (SSSR count). The van der Waals surface area contributed by atoms with Crippen molar-refractivity contribution in [1.29, 1.82) is 0 Å². The minimum Gasteiger partial charge on any atom is -0.299 e. The Labute approximate surface area is 104 Å². The van der Waals surface area contributed by atoms with E-state index in [1.165, 1.54) is 30.4 Å². The second kappa shape index (κ2) is 6.00. The largest absolute Gasteiger partial charge is 0.299 e. The Morgan fingerprint density at radius 2 is 1.94 bits per heavy atom. The zero-order valence-corrected chi connectivity index (χ0v) is 10.7. The lowest BCUT2D eigenvalue weighted by molar-refractivity contribution is -0.123. The molecule has 0 bridgehead atoms. The molecule has 92 valence electrons. The van der Waals surface area contributed by atoms with Crippen molar-refractivity contribution in [3.63, 3.8) is 0 Å². The van der Waals surface area contributed by atoms with Gasteiger partial charge in [-0.1, -0.05) is 49.1 Å². The van der Waals surface area contributed by atoms with Crippen molar-refractivity contribution < 1.29 is 4.79 Å². The van der Waals surface area contributed by atoms with E-state index in [9.17, 15) is 4.79 Å². The van der Waals surface area contributed by atoms with Crippen LogP contribution in [0.2, 0.25) is 0 Å². The maximum Gasteiger partial charge on any atom is 0.140 e. The topological polar surface area (TPSA) is 17.1 Å². The molecule has 0 spiro atoms. The molecule has 0 amide bonds. The Morgan fingerprint density at radius 3 is 2.71 bits per heavy atom. The third-order valence-electron chi connectivity index (χ3n) is 3.82. The van der Waals surface area contributed by atoms with E-state index in [0.29, 0.717) is 18.1 Å². The summed E-state index contributed by atoms with van der Waals surface area (Å²) in [5.74, 6) is 0.801. The lowest BCUT2D eigenvalue weighted by Gasteiger charge is -2.20. The number of ketones is 1. The summed E-state index contributed by atoms with van der Waals surface area (Å²) in [5.41, 5.74) is 2.50. The van der Waals surface area contributed by atoms with Crippen molar-refractivity contribution in [2.75, 3.05) is 0 Å². The highest BCUT2D eigenvalue weighted by atomic mass is 16.1. The molecular weight excluding hydrogens is 208 g/mol. The molecule has 0 N–H and O–H groups in total. The van der Waals surface area contributed by atoms with Gasteiger partial charge in [0.25, 0.3) is 0 Å². The average Bonchev–Trinajstić information content (AvgIpc) is 2.56. The maximum absolute atomic E-state index is 12.2. The molecule has 0 aromatic heterocycles. The number of carbonyl (C=O) groups is 1. The summed E-state index contributed by atoms with van der Waals surface area (Å²) >= 11 is 0. The van der Waals surface area contributed by atoms with Gasteiger partial charge < -0.3 is 0 Å². The van der Waals surface area contributed by atoms with Crippen LogP contribution in [0, 0.1) is 5.92 Å². The molecule has 0 unspecified atom stereocenters. The second-order valence-corrected chi connectivity index (χ2v) is 5.27. The number of Topliss-reactive ketones (excluding diaryl/α,β-unsaturated/α-hetero) is 1. The van der Waals surface area contributed by atoms with Gasteiger partial charge in [-0.3, -0.25) is 4.79 Å². The van der Waals surface area contributed by atoms with Crippen LogP contribution in [0.15, 0.2) is 35.5 Å². The summed E-state index contributed by atoms with van der Waals surface area (Å²) < 4.78 is 0. The summed E-state index contributed by atoms with van der Waals surface area (Å²) in [6.07, 6.45) is 16.3. The van der Waals surface area contributed by atoms with Crippen molar-refractivity contribution in [2.24, 2.45) is 5.92 Å². The lowest BCUT2D eigenvalue weighted by Crippen LogP contribution is -2.17. The van der Waals surface area contributed by atoms with Crippen molar-refractivity contribution in [3.8, 4) is 0 Å². The third kappa shape index (κ3) is 3.69. The van der Waals surface area contributed by atoms with Gasteiger partial charge in [-0.15, -0.1) is 0 Å². The third-order valence-corrected chi connectivity index (χ3v) is 3.82. The molecule has 0 radical (unpaired) electrons. The van der Waals surface area contributed by atoms with Gasteiger partial charge in [0.1, 0.15) is 5.78 Å². The summed E-state index contributed by atoms with van der Waals surface area (Å²) in [7, 11) is 0. The standard InChI is InChI=1S/C16H22O/c1-13-6-5-7-14(11-10-13)12-16(17)15-8-3-2-4-9-15/h6-7,10-11,15H,2-5,8-9,12H2,1H3. The van der Waals surface area contributed by atoms with E-state index in [-0.39, 0.29) is 0 Å². The summed E-state index contributed by atoms with van der Waals surface area (Å²) in [6.45, 7) is 2.11. The fourth-order valence-electron chi connectivity index (χ4n) is 2.67. The molecule has 1 nitrogen and oxygen atoms in total. The van der Waals surface area contributed by atoms with Gasteiger partial charge in [-0.05, 0) is 31.8 Å². The van der Waals surface area contributed by atoms with Crippen molar-refractivity contribution in [3.05, 3.63) is 35.5 Å². The van der Waals surface area contributed by atoms with E-state index in [1.54, 1.807) is 0 Å². The van der Waals surface area contributed by atoms with E-state index in [2.05, 4.69) is 31.2 Å². The van der Waals surface area contributed by atoms with Crippen LogP contribution in [0.25, 0.3) is 0 Å². The van der Waals surface area contributed by atoms with E-state index < -0.39 is 0 Å². The quantitative estimate of drug-likeness (QED) is 0.704. The Bertz CT molecular complexity index is 365. The molecule has 0 atom stereocenters. The van der Waals surface area contributed by atoms with Crippen molar-refractivity contribution in [2.45, 2.75) is 51.9 Å². The normalized spacial score (nSPS) is 21.7. The SMILES string of the molecule is CC1=CCC=C(CC(=O)C2CCCCC2)C=C1. The first-order valence-corrected chi connectivity index (χ1v) is 6.82. The van der Waals surface area contributed by atoms with E-state index in [4.69, 9.17) is 0 Å². The van der Waals surface area contributed by atoms with Gasteiger partial charge in [0.05, 0.1) is 0 Å². The van der Waals surface area contributed by atoms with Crippen LogP contribution in [0.5, 0.6) is 0 Å². The number of hydrogen-bond acceptors (Lipinski definition) is 1. The Kier molecular flexibility index (Phi) is 4.36. The fourth-order valence-corrected chi connectivity index (χ4v) is 2.67. The highest BCUT2D eigenvalue weighted by molar-refractivity contribution is 5.83.